The summed E-state index contributed by atoms with van der Waals surface area (Å²) < 4.78 is 0. The number of imide groups is 1. The van der Waals surface area contributed by atoms with Crippen LogP contribution >= 0.6 is 23.2 Å². The molecule has 0 saturated heterocycles. The van der Waals surface area contributed by atoms with Gasteiger partial charge in [-0.3, -0.25) is 24.1 Å². The molecule has 3 rings (SSSR count). The van der Waals surface area contributed by atoms with E-state index in [1.807, 2.05) is 0 Å². The molecule has 1 aromatic heterocycles. The molecule has 27 heavy (non-hydrogen) atoms. The van der Waals surface area contributed by atoms with Crippen molar-refractivity contribution in [3.63, 3.8) is 0 Å². The minimum Gasteiger partial charge on any atom is -0.350 e. The van der Waals surface area contributed by atoms with Gasteiger partial charge in [0.15, 0.2) is 0 Å². The molecule has 0 bridgehead atoms. The van der Waals surface area contributed by atoms with Gasteiger partial charge in [0.05, 0.1) is 21.2 Å². The van der Waals surface area contributed by atoms with Crippen LogP contribution in [0, 0.1) is 13.8 Å². The summed E-state index contributed by atoms with van der Waals surface area (Å²) in [5.41, 5.74) is 1.78. The molecule has 140 valence electrons. The average molecular weight is 408 g/mol. The van der Waals surface area contributed by atoms with Gasteiger partial charge in [0, 0.05) is 17.8 Å². The van der Waals surface area contributed by atoms with Crippen LogP contribution in [0.3, 0.4) is 0 Å². The summed E-state index contributed by atoms with van der Waals surface area (Å²) in [4.78, 5) is 52.5. The fraction of sp³-hybridized carbons (Fsp3) is 0.222. The number of hydrogen-bond acceptors (Lipinski definition) is 4. The second-order valence-electron chi connectivity index (χ2n) is 6.23. The number of benzene rings is 1. The number of halogens is 2. The highest BCUT2D eigenvalue weighted by Crippen LogP contribution is 2.31. The highest BCUT2D eigenvalue weighted by molar-refractivity contribution is 6.43. The summed E-state index contributed by atoms with van der Waals surface area (Å²) >= 11 is 11.8. The van der Waals surface area contributed by atoms with Crippen LogP contribution < -0.4 is 10.9 Å². The standard InChI is InChI=1S/C18H15Cl2N3O4/c1-8-3-9(2)22-16(25)12(8)6-21-15(24)7-23-17(26)10-4-13(19)14(20)5-11(10)18(23)27/h3-5H,6-7H2,1-2H3,(H,21,24)(H,22,25). The quantitative estimate of drug-likeness (QED) is 0.758. The molecule has 1 aliphatic heterocycles. The number of nitrogens with zero attached hydrogens (tertiary/aromatic N) is 1. The zero-order chi connectivity index (χ0) is 19.9. The van der Waals surface area contributed by atoms with E-state index in [4.69, 9.17) is 23.2 Å². The van der Waals surface area contributed by atoms with E-state index in [1.54, 1.807) is 19.9 Å². The highest BCUT2D eigenvalue weighted by Gasteiger charge is 2.37. The van der Waals surface area contributed by atoms with Crippen molar-refractivity contribution < 1.29 is 14.4 Å². The van der Waals surface area contributed by atoms with E-state index in [9.17, 15) is 19.2 Å². The Kier molecular flexibility index (Phi) is 5.08. The first kappa shape index (κ1) is 19.1. The lowest BCUT2D eigenvalue weighted by Crippen LogP contribution is -2.40. The third kappa shape index (κ3) is 3.61. The number of pyridine rings is 1. The number of rotatable bonds is 4. The maximum Gasteiger partial charge on any atom is 0.262 e. The predicted molar refractivity (Wildman–Crippen MR) is 100 cm³/mol. The lowest BCUT2D eigenvalue weighted by molar-refractivity contribution is -0.121. The fourth-order valence-corrected chi connectivity index (χ4v) is 3.24. The molecule has 1 aliphatic rings. The van der Waals surface area contributed by atoms with Crippen LogP contribution in [0.15, 0.2) is 23.0 Å². The number of aryl methyl sites for hydroxylation is 2. The van der Waals surface area contributed by atoms with Gasteiger partial charge in [-0.15, -0.1) is 0 Å². The summed E-state index contributed by atoms with van der Waals surface area (Å²) in [6.07, 6.45) is 0. The van der Waals surface area contributed by atoms with Crippen molar-refractivity contribution >= 4 is 40.9 Å². The van der Waals surface area contributed by atoms with Gasteiger partial charge in [0.25, 0.3) is 17.4 Å². The molecule has 0 spiro atoms. The molecule has 0 saturated carbocycles. The number of amides is 3. The zero-order valence-electron chi connectivity index (χ0n) is 14.5. The Morgan fingerprint density at radius 1 is 1.04 bits per heavy atom. The summed E-state index contributed by atoms with van der Waals surface area (Å²) in [5, 5.41) is 2.86. The Balaban J connectivity index is 1.71. The summed E-state index contributed by atoms with van der Waals surface area (Å²) in [7, 11) is 0. The minimum atomic E-state index is -0.618. The molecule has 9 heteroatoms. The van der Waals surface area contributed by atoms with E-state index in [1.165, 1.54) is 12.1 Å². The third-order valence-electron chi connectivity index (χ3n) is 4.27. The molecule has 7 nitrogen and oxygen atoms in total. The number of nitrogens with one attached hydrogen (secondary N) is 2. The largest absolute Gasteiger partial charge is 0.350 e. The Morgan fingerprint density at radius 3 is 2.11 bits per heavy atom. The van der Waals surface area contributed by atoms with Crippen LogP contribution in [0.5, 0.6) is 0 Å². The molecular weight excluding hydrogens is 393 g/mol. The Morgan fingerprint density at radius 2 is 1.59 bits per heavy atom. The van der Waals surface area contributed by atoms with Crippen molar-refractivity contribution in [2.75, 3.05) is 6.54 Å². The van der Waals surface area contributed by atoms with Gasteiger partial charge >= 0.3 is 0 Å². The third-order valence-corrected chi connectivity index (χ3v) is 4.99. The molecule has 2 aromatic rings. The van der Waals surface area contributed by atoms with Gasteiger partial charge in [-0.25, -0.2) is 0 Å². The number of hydrogen-bond donors (Lipinski definition) is 2. The van der Waals surface area contributed by atoms with Crippen molar-refractivity contribution in [2.45, 2.75) is 20.4 Å². The Bertz CT molecular complexity index is 1000. The topological polar surface area (TPSA) is 99.3 Å². The summed E-state index contributed by atoms with van der Waals surface area (Å²) in [5.74, 6) is -1.80. The molecule has 2 N–H and O–H groups in total. The molecular formula is C18H15Cl2N3O4. The predicted octanol–water partition coefficient (Wildman–Crippen LogP) is 2.21. The highest BCUT2D eigenvalue weighted by atomic mass is 35.5. The molecule has 0 fully saturated rings. The number of aromatic nitrogens is 1. The smallest absolute Gasteiger partial charge is 0.262 e. The first-order valence-corrected chi connectivity index (χ1v) is 8.76. The van der Waals surface area contributed by atoms with Crippen LogP contribution in [0.25, 0.3) is 0 Å². The lowest BCUT2D eigenvalue weighted by atomic mass is 10.1. The summed E-state index contributed by atoms with van der Waals surface area (Å²) in [6.45, 7) is 3.05. The lowest BCUT2D eigenvalue weighted by Gasteiger charge is -2.14. The number of carbonyl (C=O) groups is 3. The number of fused-ring (bicyclic) bond motifs is 1. The van der Waals surface area contributed by atoms with E-state index in [0.29, 0.717) is 5.56 Å². The molecule has 0 radical (unpaired) electrons. The first-order valence-electron chi connectivity index (χ1n) is 8.00. The van der Waals surface area contributed by atoms with Gasteiger partial charge in [-0.2, -0.15) is 0 Å². The van der Waals surface area contributed by atoms with Crippen LogP contribution in [-0.4, -0.2) is 34.2 Å². The van der Waals surface area contributed by atoms with Crippen molar-refractivity contribution in [1.82, 2.24) is 15.2 Å². The monoisotopic (exact) mass is 407 g/mol. The van der Waals surface area contributed by atoms with Crippen LogP contribution in [0.2, 0.25) is 10.0 Å². The Labute approximate surface area is 164 Å². The maximum atomic E-state index is 12.4. The zero-order valence-corrected chi connectivity index (χ0v) is 16.0. The normalized spacial score (nSPS) is 13.1. The van der Waals surface area contributed by atoms with E-state index in [2.05, 4.69) is 10.3 Å². The van der Waals surface area contributed by atoms with E-state index in [-0.39, 0.29) is 33.3 Å². The van der Waals surface area contributed by atoms with E-state index < -0.39 is 24.3 Å². The van der Waals surface area contributed by atoms with Crippen LogP contribution in [0.4, 0.5) is 0 Å². The van der Waals surface area contributed by atoms with Crippen molar-refractivity contribution in [1.29, 1.82) is 0 Å². The first-order chi connectivity index (χ1) is 12.7. The van der Waals surface area contributed by atoms with E-state index >= 15 is 0 Å². The Hall–Kier alpha value is -2.64. The van der Waals surface area contributed by atoms with Gasteiger partial charge in [0.2, 0.25) is 5.91 Å². The van der Waals surface area contributed by atoms with Gasteiger partial charge in [-0.05, 0) is 37.6 Å². The average Bonchev–Trinajstić information content (AvgIpc) is 2.79. The van der Waals surface area contributed by atoms with E-state index in [0.717, 1.165) is 16.2 Å². The minimum absolute atomic E-state index is 0.0128. The molecule has 2 heterocycles. The summed E-state index contributed by atoms with van der Waals surface area (Å²) in [6, 6.07) is 4.42. The molecule has 0 unspecified atom stereocenters. The molecule has 0 aliphatic carbocycles. The van der Waals surface area contributed by atoms with Crippen LogP contribution in [0.1, 0.15) is 37.5 Å². The van der Waals surface area contributed by atoms with Gasteiger partial charge in [0.1, 0.15) is 6.54 Å². The molecule has 0 atom stereocenters. The molecule has 1 aromatic carbocycles. The van der Waals surface area contributed by atoms with Crippen LogP contribution in [-0.2, 0) is 11.3 Å². The SMILES string of the molecule is Cc1cc(C)c(CNC(=O)CN2C(=O)c3cc(Cl)c(Cl)cc3C2=O)c(=O)[nH]1. The number of aromatic amines is 1. The maximum absolute atomic E-state index is 12.4. The van der Waals surface area contributed by atoms with Gasteiger partial charge < -0.3 is 10.3 Å². The van der Waals surface area contributed by atoms with Crippen molar-refractivity contribution in [2.24, 2.45) is 0 Å². The van der Waals surface area contributed by atoms with Crippen molar-refractivity contribution in [3.8, 4) is 0 Å². The van der Waals surface area contributed by atoms with Gasteiger partial charge in [-0.1, -0.05) is 23.2 Å². The van der Waals surface area contributed by atoms with Crippen molar-refractivity contribution in [3.05, 3.63) is 66.5 Å². The second-order valence-corrected chi connectivity index (χ2v) is 7.04. The fourth-order valence-electron chi connectivity index (χ4n) is 2.92. The molecule has 3 amide bonds. The number of carbonyl (C=O) groups excluding carboxylic acids is 3. The number of H-pyrrole nitrogens is 1. The second kappa shape index (κ2) is 7.17.